The first-order valence-electron chi connectivity index (χ1n) is 7.05. The molecule has 2 aromatic heterocycles. The number of amides is 1. The molecule has 1 aromatic carbocycles. The maximum absolute atomic E-state index is 12.6. The van der Waals surface area contributed by atoms with Crippen molar-refractivity contribution < 1.29 is 18.0 Å². The van der Waals surface area contributed by atoms with E-state index in [1.165, 1.54) is 12.3 Å². The Morgan fingerprint density at radius 2 is 1.88 bits per heavy atom. The van der Waals surface area contributed by atoms with Gasteiger partial charge in [0.2, 0.25) is 0 Å². The summed E-state index contributed by atoms with van der Waals surface area (Å²) in [4.78, 5) is 19.1. The van der Waals surface area contributed by atoms with Crippen LogP contribution < -0.4 is 5.73 Å². The molecule has 0 saturated carbocycles. The van der Waals surface area contributed by atoms with Crippen LogP contribution in [0.25, 0.3) is 10.9 Å². The van der Waals surface area contributed by atoms with E-state index in [9.17, 15) is 18.0 Å². The van der Waals surface area contributed by atoms with Crippen LogP contribution in [0.15, 0.2) is 48.7 Å². The fourth-order valence-corrected chi connectivity index (χ4v) is 2.44. The molecule has 4 nitrogen and oxygen atoms in total. The van der Waals surface area contributed by atoms with E-state index < -0.39 is 17.8 Å². The average Bonchev–Trinajstić information content (AvgIpc) is 2.54. The normalized spacial score (nSPS) is 11.6. The van der Waals surface area contributed by atoms with Gasteiger partial charge < -0.3 is 5.73 Å². The van der Waals surface area contributed by atoms with Crippen molar-refractivity contribution in [2.45, 2.75) is 12.6 Å². The molecule has 0 bridgehead atoms. The molecule has 2 N–H and O–H groups in total. The number of carbonyl (C=O) groups excluding carboxylic acids is 1. The molecule has 122 valence electrons. The minimum atomic E-state index is -4.47. The lowest BCUT2D eigenvalue weighted by molar-refractivity contribution is -0.141. The summed E-state index contributed by atoms with van der Waals surface area (Å²) in [5, 5.41) is 0.808. The maximum Gasteiger partial charge on any atom is 0.433 e. The molecule has 0 saturated heterocycles. The van der Waals surface area contributed by atoms with Gasteiger partial charge in [-0.3, -0.25) is 9.78 Å². The van der Waals surface area contributed by atoms with Crippen LogP contribution in [0.5, 0.6) is 0 Å². The average molecular weight is 331 g/mol. The van der Waals surface area contributed by atoms with Crippen molar-refractivity contribution in [1.29, 1.82) is 0 Å². The molecule has 0 aliphatic heterocycles. The van der Waals surface area contributed by atoms with Gasteiger partial charge in [0.25, 0.3) is 5.91 Å². The number of pyridine rings is 2. The van der Waals surface area contributed by atoms with Crippen molar-refractivity contribution in [2.75, 3.05) is 0 Å². The first-order valence-corrected chi connectivity index (χ1v) is 7.05. The highest BCUT2D eigenvalue weighted by Gasteiger charge is 2.32. The second-order valence-electron chi connectivity index (χ2n) is 5.27. The molecule has 0 aliphatic rings. The number of alkyl halides is 3. The van der Waals surface area contributed by atoms with E-state index in [0.29, 0.717) is 17.5 Å². The highest BCUT2D eigenvalue weighted by atomic mass is 19.4. The van der Waals surface area contributed by atoms with Gasteiger partial charge in [0.1, 0.15) is 11.4 Å². The number of hydrogen-bond acceptors (Lipinski definition) is 3. The molecule has 0 spiro atoms. The largest absolute Gasteiger partial charge is 0.433 e. The van der Waals surface area contributed by atoms with Crippen LogP contribution in [-0.2, 0) is 12.6 Å². The zero-order chi connectivity index (χ0) is 17.3. The summed E-state index contributed by atoms with van der Waals surface area (Å²) >= 11 is 0. The monoisotopic (exact) mass is 331 g/mol. The smallest absolute Gasteiger partial charge is 0.364 e. The number of fused-ring (bicyclic) bond motifs is 1. The number of nitrogens with zero attached hydrogens (tertiary/aromatic N) is 2. The van der Waals surface area contributed by atoms with Crippen LogP contribution in [0.2, 0.25) is 0 Å². The summed E-state index contributed by atoms with van der Waals surface area (Å²) < 4.78 is 37.7. The second-order valence-corrected chi connectivity index (χ2v) is 5.27. The summed E-state index contributed by atoms with van der Waals surface area (Å²) in [7, 11) is 0. The number of halogens is 3. The van der Waals surface area contributed by atoms with Crippen LogP contribution in [0.3, 0.4) is 0 Å². The molecule has 24 heavy (non-hydrogen) atoms. The summed E-state index contributed by atoms with van der Waals surface area (Å²) in [5.41, 5.74) is 6.41. The molecule has 3 rings (SSSR count). The van der Waals surface area contributed by atoms with Crippen LogP contribution in [0.1, 0.15) is 27.3 Å². The molecular weight excluding hydrogens is 319 g/mol. The highest BCUT2D eigenvalue weighted by Crippen LogP contribution is 2.28. The highest BCUT2D eigenvalue weighted by molar-refractivity contribution is 5.95. The molecule has 7 heteroatoms. The fraction of sp³-hybridized carbons (Fsp3) is 0.118. The summed E-state index contributed by atoms with van der Waals surface area (Å²) in [5.74, 6) is -0.660. The minimum absolute atomic E-state index is 0.114. The number of carbonyl (C=O) groups is 1. The number of rotatable bonds is 3. The molecule has 3 aromatic rings. The van der Waals surface area contributed by atoms with E-state index in [-0.39, 0.29) is 5.69 Å². The van der Waals surface area contributed by atoms with Crippen LogP contribution in [-0.4, -0.2) is 15.9 Å². The predicted molar refractivity (Wildman–Crippen MR) is 82.3 cm³/mol. The molecule has 2 heterocycles. The second kappa shape index (κ2) is 5.92. The summed E-state index contributed by atoms with van der Waals surface area (Å²) in [6.45, 7) is 0. The van der Waals surface area contributed by atoms with E-state index in [0.717, 1.165) is 17.0 Å². The van der Waals surface area contributed by atoms with Crippen molar-refractivity contribution in [2.24, 2.45) is 5.73 Å². The van der Waals surface area contributed by atoms with Gasteiger partial charge in [-0.1, -0.05) is 24.3 Å². The first-order chi connectivity index (χ1) is 11.3. The van der Waals surface area contributed by atoms with Gasteiger partial charge >= 0.3 is 6.18 Å². The third-order valence-corrected chi connectivity index (χ3v) is 3.56. The predicted octanol–water partition coefficient (Wildman–Crippen LogP) is 3.34. The molecule has 0 radical (unpaired) electrons. The Morgan fingerprint density at radius 1 is 1.12 bits per heavy atom. The summed E-state index contributed by atoms with van der Waals surface area (Å²) in [6.07, 6.45) is -2.97. The molecule has 0 fully saturated rings. The van der Waals surface area contributed by atoms with Crippen LogP contribution in [0, 0.1) is 0 Å². The van der Waals surface area contributed by atoms with Crippen molar-refractivity contribution in [3.05, 3.63) is 71.2 Å². The quantitative estimate of drug-likeness (QED) is 0.800. The Hall–Kier alpha value is -2.96. The first kappa shape index (κ1) is 15.9. The van der Waals surface area contributed by atoms with E-state index in [1.54, 1.807) is 18.2 Å². The topological polar surface area (TPSA) is 68.9 Å². The van der Waals surface area contributed by atoms with Crippen molar-refractivity contribution in [3.8, 4) is 0 Å². The zero-order valence-electron chi connectivity index (χ0n) is 12.3. The van der Waals surface area contributed by atoms with Crippen molar-refractivity contribution in [1.82, 2.24) is 9.97 Å². The Morgan fingerprint density at radius 3 is 2.50 bits per heavy atom. The third-order valence-electron chi connectivity index (χ3n) is 3.56. The van der Waals surface area contributed by atoms with E-state index >= 15 is 0 Å². The van der Waals surface area contributed by atoms with E-state index in [2.05, 4.69) is 9.97 Å². The molecular formula is C17H12F3N3O. The van der Waals surface area contributed by atoms with Gasteiger partial charge in [-0.05, 0) is 35.7 Å². The molecule has 0 atom stereocenters. The van der Waals surface area contributed by atoms with E-state index in [1.807, 2.05) is 12.1 Å². The third kappa shape index (κ3) is 3.19. The number of benzene rings is 1. The van der Waals surface area contributed by atoms with Gasteiger partial charge in [0.15, 0.2) is 0 Å². The minimum Gasteiger partial charge on any atom is -0.364 e. The van der Waals surface area contributed by atoms with E-state index in [4.69, 9.17) is 5.73 Å². The molecule has 0 unspecified atom stereocenters. The Bertz CT molecular complexity index is 905. The number of para-hydroxylation sites is 1. The van der Waals surface area contributed by atoms with Crippen LogP contribution >= 0.6 is 0 Å². The van der Waals surface area contributed by atoms with Gasteiger partial charge in [-0.2, -0.15) is 13.2 Å². The van der Waals surface area contributed by atoms with Gasteiger partial charge in [-0.25, -0.2) is 4.98 Å². The zero-order valence-corrected chi connectivity index (χ0v) is 12.3. The Labute approximate surface area is 135 Å². The standard InChI is InChI=1S/C17H12F3N3O/c18-17(19,20)15-6-5-10(9-22-15)7-11-8-14(16(21)24)23-13-4-2-1-3-12(11)13/h1-6,8-9H,7H2,(H2,21,24). The fourth-order valence-electron chi connectivity index (χ4n) is 2.44. The Kier molecular flexibility index (Phi) is 3.92. The Balaban J connectivity index is 2.01. The lowest BCUT2D eigenvalue weighted by atomic mass is 10.0. The van der Waals surface area contributed by atoms with Crippen molar-refractivity contribution in [3.63, 3.8) is 0 Å². The lowest BCUT2D eigenvalue weighted by Gasteiger charge is -2.10. The van der Waals surface area contributed by atoms with Gasteiger partial charge in [0, 0.05) is 11.6 Å². The number of primary amides is 1. The van der Waals surface area contributed by atoms with Gasteiger partial charge in [-0.15, -0.1) is 0 Å². The summed E-state index contributed by atoms with van der Waals surface area (Å²) in [6, 6.07) is 11.0. The van der Waals surface area contributed by atoms with Crippen LogP contribution in [0.4, 0.5) is 13.2 Å². The molecule has 0 aliphatic carbocycles. The van der Waals surface area contributed by atoms with Crippen molar-refractivity contribution >= 4 is 16.8 Å². The molecule has 1 amide bonds. The maximum atomic E-state index is 12.6. The number of aromatic nitrogens is 2. The lowest BCUT2D eigenvalue weighted by Crippen LogP contribution is -2.14. The number of hydrogen-bond donors (Lipinski definition) is 1. The SMILES string of the molecule is NC(=O)c1cc(Cc2ccc(C(F)(F)F)nc2)c2ccccc2n1. The van der Waals surface area contributed by atoms with Gasteiger partial charge in [0.05, 0.1) is 5.52 Å². The number of nitrogens with two attached hydrogens (primary N) is 1.